The van der Waals surface area contributed by atoms with Gasteiger partial charge >= 0.3 is 0 Å². The molecular weight excluding hydrogens is 238 g/mol. The monoisotopic (exact) mass is 251 g/mol. The number of thioether (sulfide) groups is 1. The minimum Gasteiger partial charge on any atom is -0.303 e. The van der Waals surface area contributed by atoms with Crippen LogP contribution in [0.3, 0.4) is 0 Å². The van der Waals surface area contributed by atoms with Crippen molar-refractivity contribution in [2.75, 3.05) is 13.3 Å². The van der Waals surface area contributed by atoms with Crippen LogP contribution in [-0.4, -0.2) is 23.0 Å². The predicted molar refractivity (Wildman–Crippen MR) is 71.1 cm³/mol. The summed E-state index contributed by atoms with van der Waals surface area (Å²) in [6.07, 6.45) is 2.07. The van der Waals surface area contributed by atoms with E-state index in [4.69, 9.17) is 0 Å². The summed E-state index contributed by atoms with van der Waals surface area (Å²) in [6, 6.07) is 12.6. The summed E-state index contributed by atoms with van der Waals surface area (Å²) in [4.78, 5) is 2.29. The second kappa shape index (κ2) is 5.10. The van der Waals surface area contributed by atoms with Crippen LogP contribution < -0.4 is 0 Å². The molecule has 0 radical (unpaired) electrons. The predicted octanol–water partition coefficient (Wildman–Crippen LogP) is 3.89. The molecular formula is C12H13NOS2. The third-order valence-electron chi connectivity index (χ3n) is 2.26. The number of hydrogen-bond donors (Lipinski definition) is 1. The molecule has 0 atom stereocenters. The quantitative estimate of drug-likeness (QED) is 0.508. The van der Waals surface area contributed by atoms with Crippen LogP contribution >= 0.6 is 23.7 Å². The van der Waals surface area contributed by atoms with Crippen molar-refractivity contribution in [3.05, 3.63) is 36.4 Å². The van der Waals surface area contributed by atoms with Crippen LogP contribution in [0.1, 0.15) is 0 Å². The van der Waals surface area contributed by atoms with Gasteiger partial charge in [-0.05, 0) is 53.2 Å². The number of benzene rings is 2. The molecule has 0 saturated carbocycles. The van der Waals surface area contributed by atoms with E-state index in [1.54, 1.807) is 18.8 Å². The Hall–Kier alpha value is -0.680. The molecule has 0 amide bonds. The Bertz CT molecular complexity index is 499. The zero-order chi connectivity index (χ0) is 11.5. The highest BCUT2D eigenvalue weighted by Gasteiger charge is 2.00. The lowest BCUT2D eigenvalue weighted by atomic mass is 10.1. The Balaban J connectivity index is 2.42. The second-order valence-corrected chi connectivity index (χ2v) is 5.49. The van der Waals surface area contributed by atoms with Gasteiger partial charge in [0, 0.05) is 16.8 Å². The van der Waals surface area contributed by atoms with E-state index in [0.29, 0.717) is 0 Å². The van der Waals surface area contributed by atoms with Crippen molar-refractivity contribution in [2.45, 2.75) is 9.79 Å². The number of hydrogen-bond acceptors (Lipinski definition) is 4. The first-order valence-electron chi connectivity index (χ1n) is 4.87. The average Bonchev–Trinajstić information content (AvgIpc) is 2.27. The van der Waals surface area contributed by atoms with E-state index in [9.17, 15) is 5.21 Å². The van der Waals surface area contributed by atoms with Crippen molar-refractivity contribution < 1.29 is 5.21 Å². The Morgan fingerprint density at radius 1 is 1.00 bits per heavy atom. The summed E-state index contributed by atoms with van der Waals surface area (Å²) < 4.78 is 1.11. The molecule has 2 nitrogen and oxygen atoms in total. The van der Waals surface area contributed by atoms with Crippen molar-refractivity contribution in [1.29, 1.82) is 0 Å². The van der Waals surface area contributed by atoms with Gasteiger partial charge in [0.1, 0.15) is 0 Å². The molecule has 0 aliphatic carbocycles. The summed E-state index contributed by atoms with van der Waals surface area (Å²) in [7, 11) is 1.62. The number of rotatable bonds is 3. The SMILES string of the molecule is CSc1ccc2ccc(SN(C)O)cc2c1. The molecule has 0 aliphatic heterocycles. The van der Waals surface area contributed by atoms with E-state index in [2.05, 4.69) is 36.6 Å². The van der Waals surface area contributed by atoms with Crippen LogP contribution in [0.4, 0.5) is 0 Å². The Morgan fingerprint density at radius 3 is 2.25 bits per heavy atom. The lowest BCUT2D eigenvalue weighted by Crippen LogP contribution is -1.99. The van der Waals surface area contributed by atoms with E-state index in [1.165, 1.54) is 27.6 Å². The van der Waals surface area contributed by atoms with E-state index in [1.807, 2.05) is 6.07 Å². The first kappa shape index (κ1) is 11.8. The molecule has 2 aromatic carbocycles. The maximum Gasteiger partial charge on any atom is 0.0258 e. The first-order chi connectivity index (χ1) is 7.69. The fourth-order valence-electron chi connectivity index (χ4n) is 1.54. The third-order valence-corrected chi connectivity index (χ3v) is 3.71. The van der Waals surface area contributed by atoms with Crippen LogP contribution in [0.15, 0.2) is 46.2 Å². The summed E-state index contributed by atoms with van der Waals surface area (Å²) >= 11 is 3.05. The maximum atomic E-state index is 9.17. The van der Waals surface area contributed by atoms with E-state index in [0.717, 1.165) is 9.36 Å². The van der Waals surface area contributed by atoms with Crippen molar-refractivity contribution >= 4 is 34.5 Å². The van der Waals surface area contributed by atoms with Gasteiger partial charge in [0.05, 0.1) is 0 Å². The molecule has 84 valence electrons. The minimum atomic E-state index is 1.04. The van der Waals surface area contributed by atoms with Crippen LogP contribution in [0.25, 0.3) is 10.8 Å². The largest absolute Gasteiger partial charge is 0.303 e. The topological polar surface area (TPSA) is 23.5 Å². The molecule has 16 heavy (non-hydrogen) atoms. The van der Waals surface area contributed by atoms with E-state index in [-0.39, 0.29) is 0 Å². The number of hydroxylamine groups is 1. The van der Waals surface area contributed by atoms with Crippen LogP contribution in [-0.2, 0) is 0 Å². The van der Waals surface area contributed by atoms with Crippen molar-refractivity contribution in [3.8, 4) is 0 Å². The smallest absolute Gasteiger partial charge is 0.0258 e. The third kappa shape index (κ3) is 2.71. The molecule has 0 unspecified atom stereocenters. The molecule has 0 saturated heterocycles. The van der Waals surface area contributed by atoms with E-state index < -0.39 is 0 Å². The fraction of sp³-hybridized carbons (Fsp3) is 0.167. The highest BCUT2D eigenvalue weighted by Crippen LogP contribution is 2.27. The summed E-state index contributed by atoms with van der Waals surface area (Å²) in [5, 5.41) is 11.6. The molecule has 0 aliphatic rings. The van der Waals surface area contributed by atoms with Gasteiger partial charge in [-0.3, -0.25) is 0 Å². The zero-order valence-electron chi connectivity index (χ0n) is 9.18. The lowest BCUT2D eigenvalue weighted by molar-refractivity contribution is 0.0454. The molecule has 0 bridgehead atoms. The van der Waals surface area contributed by atoms with Gasteiger partial charge in [0.15, 0.2) is 0 Å². The van der Waals surface area contributed by atoms with Crippen LogP contribution in [0.5, 0.6) is 0 Å². The van der Waals surface area contributed by atoms with Gasteiger partial charge in [0.25, 0.3) is 0 Å². The minimum absolute atomic E-state index is 1.04. The van der Waals surface area contributed by atoms with Gasteiger partial charge in [-0.1, -0.05) is 12.1 Å². The van der Waals surface area contributed by atoms with Gasteiger partial charge < -0.3 is 5.21 Å². The molecule has 0 fully saturated rings. The molecule has 4 heteroatoms. The van der Waals surface area contributed by atoms with E-state index >= 15 is 0 Å². The van der Waals surface area contributed by atoms with Gasteiger partial charge in [0.2, 0.25) is 0 Å². The highest BCUT2D eigenvalue weighted by molar-refractivity contribution is 7.98. The maximum absolute atomic E-state index is 9.17. The van der Waals surface area contributed by atoms with Gasteiger partial charge in [-0.25, -0.2) is 0 Å². The van der Waals surface area contributed by atoms with Crippen LogP contribution in [0, 0.1) is 0 Å². The molecule has 0 heterocycles. The molecule has 0 aromatic heterocycles. The summed E-state index contributed by atoms with van der Waals surface area (Å²) in [6.45, 7) is 0. The van der Waals surface area contributed by atoms with Gasteiger partial charge in [-0.2, -0.15) is 0 Å². The van der Waals surface area contributed by atoms with Crippen LogP contribution in [0.2, 0.25) is 0 Å². The Morgan fingerprint density at radius 2 is 1.62 bits per heavy atom. The molecule has 2 rings (SSSR count). The zero-order valence-corrected chi connectivity index (χ0v) is 10.8. The molecule has 2 aromatic rings. The summed E-state index contributed by atoms with van der Waals surface area (Å²) in [5.41, 5.74) is 0. The highest BCUT2D eigenvalue weighted by atomic mass is 32.2. The molecule has 1 N–H and O–H groups in total. The molecule has 0 spiro atoms. The van der Waals surface area contributed by atoms with Crippen molar-refractivity contribution in [2.24, 2.45) is 0 Å². The number of fused-ring (bicyclic) bond motifs is 1. The van der Waals surface area contributed by atoms with Crippen molar-refractivity contribution in [1.82, 2.24) is 4.47 Å². The number of nitrogens with zero attached hydrogens (tertiary/aromatic N) is 1. The Kier molecular flexibility index (Phi) is 3.76. The lowest BCUT2D eigenvalue weighted by Gasteiger charge is -2.08. The first-order valence-corrected chi connectivity index (χ1v) is 6.87. The standard InChI is InChI=1S/C12H13NOS2/c1-13(14)16-12-6-4-9-3-5-11(15-2)7-10(9)8-12/h3-8,14H,1-2H3. The fourth-order valence-corrected chi connectivity index (χ4v) is 2.60. The second-order valence-electron chi connectivity index (χ2n) is 3.43. The average molecular weight is 251 g/mol. The van der Waals surface area contributed by atoms with Crippen molar-refractivity contribution in [3.63, 3.8) is 0 Å². The Labute approximate surface area is 104 Å². The summed E-state index contributed by atoms with van der Waals surface area (Å²) in [5.74, 6) is 0. The normalized spacial score (nSPS) is 11.2. The van der Waals surface area contributed by atoms with Gasteiger partial charge in [-0.15, -0.1) is 16.2 Å².